The highest BCUT2D eigenvalue weighted by atomic mass is 35.5. The van der Waals surface area contributed by atoms with Gasteiger partial charge in [-0.3, -0.25) is 24.0 Å². The number of hydrogen-bond acceptors (Lipinski definition) is 11. The summed E-state index contributed by atoms with van der Waals surface area (Å²) in [5.74, 6) is -2.59. The van der Waals surface area contributed by atoms with Gasteiger partial charge >= 0.3 is 11.9 Å². The largest absolute Gasteiger partial charge is 0.489 e. The fourth-order valence-corrected chi connectivity index (χ4v) is 4.83. The van der Waals surface area contributed by atoms with Crippen LogP contribution in [0.3, 0.4) is 0 Å². The Morgan fingerprint density at radius 3 is 1.80 bits per heavy atom. The molecule has 0 saturated heterocycles. The van der Waals surface area contributed by atoms with Crippen molar-refractivity contribution >= 4 is 59.1 Å². The molecule has 252 valence electrons. The number of hydrogen-bond donors (Lipinski definition) is 3. The predicted octanol–water partition coefficient (Wildman–Crippen LogP) is 3.65. The van der Waals surface area contributed by atoms with E-state index in [0.29, 0.717) is 12.8 Å². The van der Waals surface area contributed by atoms with E-state index in [4.69, 9.17) is 42.0 Å². The number of carbonyl (C=O) groups excluding carboxylic acids is 5. The van der Waals surface area contributed by atoms with Crippen LogP contribution in [-0.4, -0.2) is 73.8 Å². The van der Waals surface area contributed by atoms with Crippen LogP contribution in [0.15, 0.2) is 30.3 Å². The lowest BCUT2D eigenvalue weighted by Gasteiger charge is -2.23. The first kappa shape index (κ1) is 38.5. The number of esters is 2. The van der Waals surface area contributed by atoms with Crippen molar-refractivity contribution in [2.75, 3.05) is 37.6 Å². The van der Waals surface area contributed by atoms with Crippen molar-refractivity contribution in [3.05, 3.63) is 52.6 Å². The van der Waals surface area contributed by atoms with E-state index >= 15 is 0 Å². The number of amides is 1. The molecule has 0 unspecified atom stereocenters. The Kier molecular flexibility index (Phi) is 14.9. The Morgan fingerprint density at radius 1 is 0.761 bits per heavy atom. The molecule has 5 N–H and O–H groups in total. The van der Waals surface area contributed by atoms with Crippen molar-refractivity contribution in [1.82, 2.24) is 0 Å². The summed E-state index contributed by atoms with van der Waals surface area (Å²) in [5.41, 5.74) is 11.9. The van der Waals surface area contributed by atoms with Crippen molar-refractivity contribution < 1.29 is 42.9 Å². The highest BCUT2D eigenvalue weighted by Gasteiger charge is 2.36. The van der Waals surface area contributed by atoms with Gasteiger partial charge in [-0.15, -0.1) is 24.0 Å². The molecule has 0 heterocycles. The molecule has 3 rings (SSSR count). The third-order valence-electron chi connectivity index (χ3n) is 6.70. The lowest BCUT2D eigenvalue weighted by atomic mass is 9.82. The predicted molar refractivity (Wildman–Crippen MR) is 174 cm³/mol. The molecule has 0 aliphatic heterocycles. The molecule has 0 aromatic heterocycles. The molecular formula is C32H41Cl2N3O9. The maximum Gasteiger partial charge on any atom is 0.323 e. The average molecular weight is 683 g/mol. The number of nitrogens with two attached hydrogens (primary N) is 2. The first-order valence-electron chi connectivity index (χ1n) is 14.7. The monoisotopic (exact) mass is 681 g/mol. The summed E-state index contributed by atoms with van der Waals surface area (Å²) in [6.07, 6.45) is 0.918. The standard InChI is InChI=1S/C32H40ClN3O9.ClH/c1-17(2)12-22(34)31(40)44-10-8-42-24-7-5-6-20-27(24)30(39)28-21(29(20)38)14-19(36-26(37)16-33)15-25(28)43-9-11-45-32(41)23(35)13-18(3)4;/h5-7,14-15,17-18,22-23H,8-13,16,34-35H2,1-4H3,(H,36,37);1H/t22-,23-;/m0./s1. The first-order chi connectivity index (χ1) is 21.3. The van der Waals surface area contributed by atoms with E-state index in [-0.39, 0.29) is 96.0 Å². The van der Waals surface area contributed by atoms with E-state index < -0.39 is 41.5 Å². The molecule has 12 nitrogen and oxygen atoms in total. The van der Waals surface area contributed by atoms with Gasteiger partial charge in [0.05, 0.1) is 11.1 Å². The SMILES string of the molecule is CC(C)C[C@H](N)C(=O)OCCOc1cccc2c1C(=O)c1c(OCCOC(=O)[C@@H](N)CC(C)C)cc(NC(=O)CCl)cc1C2=O.Cl. The zero-order chi connectivity index (χ0) is 33.3. The lowest BCUT2D eigenvalue weighted by Crippen LogP contribution is -2.34. The van der Waals surface area contributed by atoms with Gasteiger partial charge in [0.2, 0.25) is 11.7 Å². The Balaban J connectivity index is 0.00000736. The number of rotatable bonds is 16. The summed E-state index contributed by atoms with van der Waals surface area (Å²) in [4.78, 5) is 64.0. The molecule has 2 aromatic carbocycles. The highest BCUT2D eigenvalue weighted by molar-refractivity contribution is 6.31. The number of alkyl halides is 1. The number of ether oxygens (including phenoxy) is 4. The van der Waals surface area contributed by atoms with E-state index in [1.54, 1.807) is 6.07 Å². The molecule has 0 saturated carbocycles. The third kappa shape index (κ3) is 10.1. The van der Waals surface area contributed by atoms with Crippen LogP contribution in [0.1, 0.15) is 72.4 Å². The zero-order valence-electron chi connectivity index (χ0n) is 26.3. The maximum atomic E-state index is 13.9. The molecule has 0 fully saturated rings. The second-order valence-corrected chi connectivity index (χ2v) is 11.7. The second-order valence-electron chi connectivity index (χ2n) is 11.4. The van der Waals surface area contributed by atoms with Crippen LogP contribution in [-0.2, 0) is 23.9 Å². The number of nitrogens with one attached hydrogen (secondary N) is 1. The summed E-state index contributed by atoms with van der Waals surface area (Å²) in [7, 11) is 0. The molecule has 0 bridgehead atoms. The van der Waals surface area contributed by atoms with Gasteiger partial charge in [-0.05, 0) is 36.8 Å². The zero-order valence-corrected chi connectivity index (χ0v) is 27.8. The van der Waals surface area contributed by atoms with Crippen LogP contribution in [0.4, 0.5) is 5.69 Å². The van der Waals surface area contributed by atoms with Gasteiger partial charge < -0.3 is 35.7 Å². The molecule has 2 aromatic rings. The number of anilines is 1. The van der Waals surface area contributed by atoms with Crippen molar-refractivity contribution in [3.63, 3.8) is 0 Å². The van der Waals surface area contributed by atoms with Gasteiger partial charge in [-0.2, -0.15) is 0 Å². The minimum Gasteiger partial charge on any atom is -0.489 e. The summed E-state index contributed by atoms with van der Waals surface area (Å²) in [6.45, 7) is 7.19. The Morgan fingerprint density at radius 2 is 1.28 bits per heavy atom. The third-order valence-corrected chi connectivity index (χ3v) is 6.95. The normalized spacial score (nSPS) is 13.2. The molecule has 1 aliphatic carbocycles. The van der Waals surface area contributed by atoms with Crippen molar-refractivity contribution in [1.29, 1.82) is 0 Å². The molecule has 0 radical (unpaired) electrons. The summed E-state index contributed by atoms with van der Waals surface area (Å²) < 4.78 is 22.0. The van der Waals surface area contributed by atoms with Gasteiger partial charge in [-0.25, -0.2) is 0 Å². The van der Waals surface area contributed by atoms with Crippen LogP contribution >= 0.6 is 24.0 Å². The molecule has 14 heteroatoms. The highest BCUT2D eigenvalue weighted by Crippen LogP contribution is 2.39. The molecule has 1 aliphatic rings. The van der Waals surface area contributed by atoms with Crippen LogP contribution in [0.2, 0.25) is 0 Å². The quantitative estimate of drug-likeness (QED) is 0.114. The van der Waals surface area contributed by atoms with Crippen LogP contribution in [0.25, 0.3) is 0 Å². The first-order valence-corrected chi connectivity index (χ1v) is 15.2. The minimum absolute atomic E-state index is 0. The fourth-order valence-electron chi connectivity index (χ4n) is 4.76. The van der Waals surface area contributed by atoms with Gasteiger partial charge in [0.15, 0.2) is 5.78 Å². The second kappa shape index (κ2) is 17.8. The number of carbonyl (C=O) groups is 5. The summed E-state index contributed by atoms with van der Waals surface area (Å²) >= 11 is 5.64. The van der Waals surface area contributed by atoms with Crippen LogP contribution in [0.5, 0.6) is 11.5 Å². The number of ketones is 2. The number of benzene rings is 2. The molecule has 0 spiro atoms. The van der Waals surface area contributed by atoms with E-state index in [2.05, 4.69) is 5.32 Å². The van der Waals surface area contributed by atoms with E-state index in [1.807, 2.05) is 27.7 Å². The van der Waals surface area contributed by atoms with Gasteiger partial charge in [-0.1, -0.05) is 39.8 Å². The fraction of sp³-hybridized carbons (Fsp3) is 0.469. The average Bonchev–Trinajstić information content (AvgIpc) is 2.98. The Bertz CT molecular complexity index is 1430. The van der Waals surface area contributed by atoms with Gasteiger partial charge in [0.25, 0.3) is 0 Å². The lowest BCUT2D eigenvalue weighted by molar-refractivity contribution is -0.147. The van der Waals surface area contributed by atoms with Crippen molar-refractivity contribution in [2.45, 2.75) is 52.6 Å². The van der Waals surface area contributed by atoms with Crippen molar-refractivity contribution in [2.24, 2.45) is 23.3 Å². The molecular weight excluding hydrogens is 641 g/mol. The Hall–Kier alpha value is -3.71. The van der Waals surface area contributed by atoms with Gasteiger partial charge in [0, 0.05) is 22.9 Å². The van der Waals surface area contributed by atoms with Crippen LogP contribution in [0, 0.1) is 11.8 Å². The summed E-state index contributed by atoms with van der Waals surface area (Å²) in [5, 5.41) is 2.56. The van der Waals surface area contributed by atoms with Crippen molar-refractivity contribution in [3.8, 4) is 11.5 Å². The summed E-state index contributed by atoms with van der Waals surface area (Å²) in [6, 6.07) is 5.77. The number of fused-ring (bicyclic) bond motifs is 2. The maximum absolute atomic E-state index is 13.9. The molecule has 1 amide bonds. The number of halogens is 2. The smallest absolute Gasteiger partial charge is 0.323 e. The van der Waals surface area contributed by atoms with E-state index in [9.17, 15) is 24.0 Å². The van der Waals surface area contributed by atoms with E-state index in [1.165, 1.54) is 24.3 Å². The topological polar surface area (TPSA) is 186 Å². The Labute approximate surface area is 279 Å². The minimum atomic E-state index is -0.790. The van der Waals surface area contributed by atoms with E-state index in [0.717, 1.165) is 0 Å². The molecule has 2 atom stereocenters. The van der Waals surface area contributed by atoms with Crippen LogP contribution < -0.4 is 26.3 Å². The molecule has 46 heavy (non-hydrogen) atoms. The van der Waals surface area contributed by atoms with Gasteiger partial charge in [0.1, 0.15) is 55.9 Å².